The first kappa shape index (κ1) is 17.4. The highest BCUT2D eigenvalue weighted by Gasteiger charge is 2.18. The molecule has 0 saturated carbocycles. The van der Waals surface area contributed by atoms with Gasteiger partial charge in [-0.2, -0.15) is 0 Å². The maximum atomic E-state index is 13.6. The molecule has 0 aliphatic carbocycles. The highest BCUT2D eigenvalue weighted by molar-refractivity contribution is 6.01. The van der Waals surface area contributed by atoms with Crippen LogP contribution in [0.15, 0.2) is 78.0 Å². The zero-order valence-electron chi connectivity index (χ0n) is 16.3. The lowest BCUT2D eigenvalue weighted by molar-refractivity contribution is 0.810. The lowest BCUT2D eigenvalue weighted by Crippen LogP contribution is -2.22. The minimum Gasteiger partial charge on any atom is -0.322 e. The second-order valence-corrected chi connectivity index (χ2v) is 7.35. The van der Waals surface area contributed by atoms with Crippen molar-refractivity contribution in [3.63, 3.8) is 0 Å². The standard InChI is InChI=1S/C24H20N4O/c1-16-10-11-17(2)18(13-16)14-27-15-26-21-20-9-6-12-25-23(20)28(24(29)22(21)27)19-7-4-3-5-8-19/h3-13,15H,14H2,1-2H3. The van der Waals surface area contributed by atoms with Crippen LogP contribution in [0.2, 0.25) is 0 Å². The monoisotopic (exact) mass is 380 g/mol. The summed E-state index contributed by atoms with van der Waals surface area (Å²) in [4.78, 5) is 22.7. The summed E-state index contributed by atoms with van der Waals surface area (Å²) in [5, 5.41) is 0.866. The molecule has 0 saturated heterocycles. The van der Waals surface area contributed by atoms with Gasteiger partial charge in [-0.05, 0) is 49.2 Å². The summed E-state index contributed by atoms with van der Waals surface area (Å²) in [6, 6.07) is 19.9. The molecule has 0 bridgehead atoms. The van der Waals surface area contributed by atoms with Gasteiger partial charge < -0.3 is 4.57 Å². The molecular weight excluding hydrogens is 360 g/mol. The first-order chi connectivity index (χ1) is 14.1. The molecule has 0 unspecified atom stereocenters. The molecule has 0 fully saturated rings. The van der Waals surface area contributed by atoms with Crippen LogP contribution in [-0.4, -0.2) is 19.1 Å². The molecule has 5 aromatic rings. The fraction of sp³-hybridized carbons (Fsp3) is 0.125. The molecule has 29 heavy (non-hydrogen) atoms. The second-order valence-electron chi connectivity index (χ2n) is 7.35. The molecule has 2 aromatic carbocycles. The number of aromatic nitrogens is 4. The van der Waals surface area contributed by atoms with Crippen LogP contribution >= 0.6 is 0 Å². The van der Waals surface area contributed by atoms with Crippen LogP contribution in [0.4, 0.5) is 0 Å². The van der Waals surface area contributed by atoms with Crippen molar-refractivity contribution in [1.29, 1.82) is 0 Å². The van der Waals surface area contributed by atoms with Crippen molar-refractivity contribution >= 4 is 22.1 Å². The molecule has 0 aliphatic heterocycles. The molecule has 5 nitrogen and oxygen atoms in total. The van der Waals surface area contributed by atoms with E-state index < -0.39 is 0 Å². The molecule has 0 N–H and O–H groups in total. The van der Waals surface area contributed by atoms with E-state index in [0.29, 0.717) is 23.2 Å². The normalized spacial score (nSPS) is 11.4. The summed E-state index contributed by atoms with van der Waals surface area (Å²) in [5.74, 6) is 0. The fourth-order valence-corrected chi connectivity index (χ4v) is 3.86. The summed E-state index contributed by atoms with van der Waals surface area (Å²) in [5.41, 5.74) is 6.16. The molecule has 3 heterocycles. The maximum absolute atomic E-state index is 13.6. The Kier molecular flexibility index (Phi) is 4.02. The number of nitrogens with zero attached hydrogens (tertiary/aromatic N) is 4. The van der Waals surface area contributed by atoms with Crippen LogP contribution in [0, 0.1) is 13.8 Å². The van der Waals surface area contributed by atoms with E-state index in [0.717, 1.165) is 11.1 Å². The van der Waals surface area contributed by atoms with Crippen molar-refractivity contribution in [3.8, 4) is 5.69 Å². The molecule has 0 spiro atoms. The van der Waals surface area contributed by atoms with Crippen LogP contribution in [0.5, 0.6) is 0 Å². The predicted molar refractivity (Wildman–Crippen MR) is 116 cm³/mol. The Bertz CT molecular complexity index is 1410. The minimum atomic E-state index is -0.111. The number of hydrogen-bond acceptors (Lipinski definition) is 3. The smallest absolute Gasteiger partial charge is 0.282 e. The lowest BCUT2D eigenvalue weighted by Gasteiger charge is -2.12. The molecule has 5 heteroatoms. The van der Waals surface area contributed by atoms with Crippen molar-refractivity contribution in [3.05, 3.63) is 100 Å². The van der Waals surface area contributed by atoms with Crippen LogP contribution in [0.3, 0.4) is 0 Å². The van der Waals surface area contributed by atoms with Gasteiger partial charge in [0, 0.05) is 18.1 Å². The molecule has 3 aromatic heterocycles. The third kappa shape index (κ3) is 2.83. The highest BCUT2D eigenvalue weighted by Crippen LogP contribution is 2.23. The van der Waals surface area contributed by atoms with Crippen molar-refractivity contribution in [2.75, 3.05) is 0 Å². The van der Waals surface area contributed by atoms with Gasteiger partial charge in [0.25, 0.3) is 5.56 Å². The Hall–Kier alpha value is -3.73. The van der Waals surface area contributed by atoms with E-state index in [1.807, 2.05) is 47.0 Å². The van der Waals surface area contributed by atoms with Crippen LogP contribution < -0.4 is 5.56 Å². The van der Waals surface area contributed by atoms with Crippen LogP contribution in [-0.2, 0) is 6.54 Å². The van der Waals surface area contributed by atoms with Gasteiger partial charge >= 0.3 is 0 Å². The Morgan fingerprint density at radius 1 is 0.931 bits per heavy atom. The third-order valence-corrected chi connectivity index (χ3v) is 5.36. The Balaban J connectivity index is 1.82. The first-order valence-electron chi connectivity index (χ1n) is 9.59. The van der Waals surface area contributed by atoms with Gasteiger partial charge in [0.15, 0.2) is 0 Å². The van der Waals surface area contributed by atoms with E-state index in [-0.39, 0.29) is 5.56 Å². The summed E-state index contributed by atoms with van der Waals surface area (Å²) < 4.78 is 3.63. The van der Waals surface area contributed by atoms with Crippen molar-refractivity contribution in [1.82, 2.24) is 19.1 Å². The average Bonchev–Trinajstić information content (AvgIpc) is 3.16. The van der Waals surface area contributed by atoms with Gasteiger partial charge in [-0.25, -0.2) is 9.97 Å². The molecule has 0 aliphatic rings. The first-order valence-corrected chi connectivity index (χ1v) is 9.59. The molecule has 0 atom stereocenters. The molecular formula is C24H20N4O. The molecule has 142 valence electrons. The minimum absolute atomic E-state index is 0.111. The number of pyridine rings is 2. The Morgan fingerprint density at radius 2 is 1.76 bits per heavy atom. The molecule has 0 radical (unpaired) electrons. The van der Waals surface area contributed by atoms with E-state index in [1.54, 1.807) is 17.1 Å². The summed E-state index contributed by atoms with van der Waals surface area (Å²) in [6.07, 6.45) is 3.47. The van der Waals surface area contributed by atoms with E-state index in [9.17, 15) is 4.79 Å². The zero-order chi connectivity index (χ0) is 20.0. The van der Waals surface area contributed by atoms with E-state index in [1.165, 1.54) is 16.7 Å². The van der Waals surface area contributed by atoms with Crippen molar-refractivity contribution in [2.45, 2.75) is 20.4 Å². The summed E-state index contributed by atoms with van der Waals surface area (Å²) >= 11 is 0. The number of aryl methyl sites for hydroxylation is 2. The van der Waals surface area contributed by atoms with E-state index in [4.69, 9.17) is 0 Å². The number of rotatable bonds is 3. The van der Waals surface area contributed by atoms with Crippen molar-refractivity contribution in [2.24, 2.45) is 0 Å². The van der Waals surface area contributed by atoms with Gasteiger partial charge in [-0.15, -0.1) is 0 Å². The molecule has 5 rings (SSSR count). The van der Waals surface area contributed by atoms with Crippen LogP contribution in [0.1, 0.15) is 16.7 Å². The average molecular weight is 380 g/mol. The number of fused-ring (bicyclic) bond motifs is 3. The van der Waals surface area contributed by atoms with Gasteiger partial charge in [-0.1, -0.05) is 42.0 Å². The summed E-state index contributed by atoms with van der Waals surface area (Å²) in [6.45, 7) is 4.77. The number of para-hydroxylation sites is 1. The van der Waals surface area contributed by atoms with Gasteiger partial charge in [0.2, 0.25) is 0 Å². The number of imidazole rings is 1. The van der Waals surface area contributed by atoms with Gasteiger partial charge in [-0.3, -0.25) is 9.36 Å². The Morgan fingerprint density at radius 3 is 2.59 bits per heavy atom. The Labute approximate surface area is 167 Å². The maximum Gasteiger partial charge on any atom is 0.282 e. The predicted octanol–water partition coefficient (Wildman–Crippen LogP) is 4.40. The largest absolute Gasteiger partial charge is 0.322 e. The SMILES string of the molecule is Cc1ccc(C)c(Cn2cnc3c4cccnc4n(-c4ccccc4)c(=O)c32)c1. The van der Waals surface area contributed by atoms with E-state index >= 15 is 0 Å². The zero-order valence-corrected chi connectivity index (χ0v) is 16.3. The number of benzene rings is 2. The lowest BCUT2D eigenvalue weighted by atomic mass is 10.1. The quantitative estimate of drug-likeness (QED) is 0.466. The van der Waals surface area contributed by atoms with Gasteiger partial charge in [0.05, 0.1) is 12.0 Å². The highest BCUT2D eigenvalue weighted by atomic mass is 16.1. The second kappa shape index (κ2) is 6.71. The number of hydrogen-bond donors (Lipinski definition) is 0. The topological polar surface area (TPSA) is 52.7 Å². The van der Waals surface area contributed by atoms with Crippen molar-refractivity contribution < 1.29 is 0 Å². The van der Waals surface area contributed by atoms with Gasteiger partial charge in [0.1, 0.15) is 16.7 Å². The van der Waals surface area contributed by atoms with E-state index in [2.05, 4.69) is 42.0 Å². The molecule has 0 amide bonds. The summed E-state index contributed by atoms with van der Waals surface area (Å²) in [7, 11) is 0. The fourth-order valence-electron chi connectivity index (χ4n) is 3.86. The van der Waals surface area contributed by atoms with Crippen LogP contribution in [0.25, 0.3) is 27.8 Å². The third-order valence-electron chi connectivity index (χ3n) is 5.36.